The van der Waals surface area contributed by atoms with Crippen molar-refractivity contribution < 1.29 is 9.53 Å². The number of nitrogens with zero attached hydrogens (tertiary/aromatic N) is 2. The van der Waals surface area contributed by atoms with Crippen LogP contribution in [0.15, 0.2) is 59.4 Å². The summed E-state index contributed by atoms with van der Waals surface area (Å²) in [6.07, 6.45) is 3.90. The van der Waals surface area contributed by atoms with Crippen LogP contribution < -0.4 is 15.7 Å². The smallest absolute Gasteiger partial charge is 0.325 e. The number of likely N-dealkylation sites (tertiary alicyclic amines) is 1. The number of carbonyl (C=O) groups is 1. The zero-order chi connectivity index (χ0) is 23.3. The van der Waals surface area contributed by atoms with Crippen molar-refractivity contribution in [2.45, 2.75) is 25.7 Å². The first-order valence-electron chi connectivity index (χ1n) is 11.9. The van der Waals surface area contributed by atoms with Gasteiger partial charge in [-0.3, -0.25) is 4.98 Å². The molecule has 5 rings (SSSR count). The number of rotatable bonds is 7. The maximum atomic E-state index is 12.5. The van der Waals surface area contributed by atoms with Crippen LogP contribution in [-0.2, 0) is 6.42 Å². The van der Waals surface area contributed by atoms with Gasteiger partial charge in [-0.05, 0) is 61.4 Å². The fourth-order valence-corrected chi connectivity index (χ4v) is 4.55. The Kier molecular flexibility index (Phi) is 6.46. The lowest BCUT2D eigenvalue weighted by molar-refractivity contribution is 0.169. The van der Waals surface area contributed by atoms with E-state index in [1.165, 1.54) is 5.56 Å². The minimum absolute atomic E-state index is 0.0134. The fraction of sp³-hybridized carbons (Fsp3) is 0.346. The van der Waals surface area contributed by atoms with E-state index < -0.39 is 0 Å². The van der Waals surface area contributed by atoms with Crippen LogP contribution in [0.25, 0.3) is 22.1 Å². The molecule has 1 aliphatic heterocycles. The van der Waals surface area contributed by atoms with Crippen molar-refractivity contribution in [1.29, 1.82) is 0 Å². The number of piperidine rings is 1. The third-order valence-corrected chi connectivity index (χ3v) is 6.40. The molecule has 0 saturated carbocycles. The van der Waals surface area contributed by atoms with Crippen LogP contribution >= 0.6 is 0 Å². The molecule has 0 bridgehead atoms. The highest BCUT2D eigenvalue weighted by Crippen LogP contribution is 2.23. The predicted molar refractivity (Wildman–Crippen MR) is 132 cm³/mol. The van der Waals surface area contributed by atoms with Gasteiger partial charge in [0.1, 0.15) is 5.75 Å². The first kappa shape index (κ1) is 22.0. The van der Waals surface area contributed by atoms with E-state index in [4.69, 9.17) is 4.74 Å². The quantitative estimate of drug-likeness (QED) is 0.365. The Labute approximate surface area is 197 Å². The Morgan fingerprint density at radius 2 is 1.91 bits per heavy atom. The normalized spacial score (nSPS) is 14.5. The first-order chi connectivity index (χ1) is 16.6. The highest BCUT2D eigenvalue weighted by Gasteiger charge is 2.22. The Balaban J connectivity index is 1.03. The lowest BCUT2D eigenvalue weighted by Gasteiger charge is -2.32. The summed E-state index contributed by atoms with van der Waals surface area (Å²) in [4.78, 5) is 35.7. The van der Waals surface area contributed by atoms with E-state index in [-0.39, 0.29) is 11.7 Å². The number of benzene rings is 2. The number of fused-ring (bicyclic) bond motifs is 2. The van der Waals surface area contributed by atoms with Crippen LogP contribution in [0.2, 0.25) is 0 Å². The van der Waals surface area contributed by atoms with Crippen LogP contribution in [0, 0.1) is 5.92 Å². The number of ether oxygens (including phenoxy) is 1. The van der Waals surface area contributed by atoms with Gasteiger partial charge in [0.25, 0.3) is 0 Å². The molecule has 2 aromatic carbocycles. The van der Waals surface area contributed by atoms with Gasteiger partial charge in [-0.2, -0.15) is 0 Å². The maximum absolute atomic E-state index is 12.5. The number of hydrogen-bond donors (Lipinski definition) is 3. The van der Waals surface area contributed by atoms with Gasteiger partial charge in [0, 0.05) is 25.0 Å². The average Bonchev–Trinajstić information content (AvgIpc) is 3.22. The highest BCUT2D eigenvalue weighted by atomic mass is 16.5. The van der Waals surface area contributed by atoms with Crippen molar-refractivity contribution in [2.75, 3.05) is 26.2 Å². The molecule has 2 amide bonds. The number of pyridine rings is 1. The lowest BCUT2D eigenvalue weighted by atomic mass is 9.90. The van der Waals surface area contributed by atoms with Gasteiger partial charge in [0.05, 0.1) is 17.6 Å². The van der Waals surface area contributed by atoms with Crippen molar-refractivity contribution in [3.63, 3.8) is 0 Å². The molecule has 1 fully saturated rings. The first-order valence-corrected chi connectivity index (χ1v) is 11.9. The van der Waals surface area contributed by atoms with Crippen molar-refractivity contribution in [1.82, 2.24) is 25.2 Å². The summed E-state index contributed by atoms with van der Waals surface area (Å²) in [6.45, 7) is 2.69. The van der Waals surface area contributed by atoms with E-state index in [2.05, 4.69) is 44.5 Å². The van der Waals surface area contributed by atoms with E-state index >= 15 is 0 Å². The standard InChI is InChI=1S/C26H29N5O3/c32-25-29-23-17-20-16-21(7-8-22(20)28-24(23)30-25)34-14-4-11-27-26(33)31-12-9-19(10-13-31)15-18-5-2-1-3-6-18/h1-3,5-8,16-17,19H,4,9-15H2,(H,27,33)(H2,28,29,30,32). The van der Waals surface area contributed by atoms with Gasteiger partial charge in [-0.15, -0.1) is 0 Å². The van der Waals surface area contributed by atoms with Crippen LogP contribution in [0.3, 0.4) is 0 Å². The maximum Gasteiger partial charge on any atom is 0.325 e. The minimum atomic E-state index is -0.270. The molecule has 0 unspecified atom stereocenters. The van der Waals surface area contributed by atoms with Crippen LogP contribution in [0.4, 0.5) is 4.79 Å². The largest absolute Gasteiger partial charge is 0.494 e. The van der Waals surface area contributed by atoms with Crippen molar-refractivity contribution in [3.8, 4) is 5.75 Å². The van der Waals surface area contributed by atoms with Crippen LogP contribution in [-0.4, -0.2) is 52.1 Å². The minimum Gasteiger partial charge on any atom is -0.494 e. The molecule has 4 aromatic rings. The van der Waals surface area contributed by atoms with E-state index in [0.29, 0.717) is 30.2 Å². The second kappa shape index (κ2) is 9.99. The monoisotopic (exact) mass is 459 g/mol. The van der Waals surface area contributed by atoms with Gasteiger partial charge in [-0.1, -0.05) is 30.3 Å². The van der Waals surface area contributed by atoms with E-state index in [0.717, 1.165) is 55.4 Å². The van der Waals surface area contributed by atoms with Crippen LogP contribution in [0.1, 0.15) is 24.8 Å². The molecule has 1 saturated heterocycles. The fourth-order valence-electron chi connectivity index (χ4n) is 4.55. The molecule has 0 aliphatic carbocycles. The van der Waals surface area contributed by atoms with Crippen molar-refractivity contribution in [2.24, 2.45) is 5.92 Å². The Morgan fingerprint density at radius 1 is 1.09 bits per heavy atom. The molecule has 0 atom stereocenters. The molecular weight excluding hydrogens is 430 g/mol. The Morgan fingerprint density at radius 3 is 2.74 bits per heavy atom. The number of nitrogens with one attached hydrogen (secondary N) is 3. The van der Waals surface area contributed by atoms with Gasteiger partial charge in [-0.25, -0.2) is 14.6 Å². The summed E-state index contributed by atoms with van der Waals surface area (Å²) in [5.41, 5.74) is 3.10. The third-order valence-electron chi connectivity index (χ3n) is 6.40. The topological polar surface area (TPSA) is 103 Å². The number of aromatic nitrogens is 3. The molecule has 8 nitrogen and oxygen atoms in total. The molecule has 34 heavy (non-hydrogen) atoms. The van der Waals surface area contributed by atoms with E-state index in [9.17, 15) is 9.59 Å². The molecule has 2 aromatic heterocycles. The summed E-state index contributed by atoms with van der Waals surface area (Å²) in [6, 6.07) is 18.1. The number of amides is 2. The second-order valence-electron chi connectivity index (χ2n) is 8.87. The molecule has 176 valence electrons. The molecule has 8 heteroatoms. The average molecular weight is 460 g/mol. The molecule has 3 heterocycles. The molecule has 1 aliphatic rings. The summed E-state index contributed by atoms with van der Waals surface area (Å²) < 4.78 is 5.86. The highest BCUT2D eigenvalue weighted by molar-refractivity contribution is 5.90. The molecule has 0 spiro atoms. The molecule has 0 radical (unpaired) electrons. The zero-order valence-electron chi connectivity index (χ0n) is 19.0. The number of aromatic amines is 2. The third kappa shape index (κ3) is 5.22. The SMILES string of the molecule is O=C(NCCCOc1ccc2nc3[nH]c(=O)[nH]c3cc2c1)N1CCC(Cc2ccccc2)CC1. The lowest BCUT2D eigenvalue weighted by Crippen LogP contribution is -2.45. The zero-order valence-corrected chi connectivity index (χ0v) is 19.0. The van der Waals surface area contributed by atoms with E-state index in [1.54, 1.807) is 0 Å². The second-order valence-corrected chi connectivity index (χ2v) is 8.87. The Bertz CT molecular complexity index is 1320. The summed E-state index contributed by atoms with van der Waals surface area (Å²) in [5.74, 6) is 1.38. The van der Waals surface area contributed by atoms with Gasteiger partial charge in [0.2, 0.25) is 0 Å². The number of imidazole rings is 1. The number of H-pyrrole nitrogens is 2. The van der Waals surface area contributed by atoms with Gasteiger partial charge >= 0.3 is 11.7 Å². The van der Waals surface area contributed by atoms with E-state index in [1.807, 2.05) is 35.2 Å². The number of hydrogen-bond acceptors (Lipinski definition) is 4. The van der Waals surface area contributed by atoms with Gasteiger partial charge in [0.15, 0.2) is 5.65 Å². The molecular formula is C26H29N5O3. The van der Waals surface area contributed by atoms with Crippen molar-refractivity contribution >= 4 is 28.1 Å². The predicted octanol–water partition coefficient (Wildman–Crippen LogP) is 3.84. The van der Waals surface area contributed by atoms with Crippen LogP contribution in [0.5, 0.6) is 5.75 Å². The molecule has 3 N–H and O–H groups in total. The van der Waals surface area contributed by atoms with Crippen molar-refractivity contribution in [3.05, 3.63) is 70.6 Å². The summed E-state index contributed by atoms with van der Waals surface area (Å²) in [7, 11) is 0. The number of carbonyl (C=O) groups excluding carboxylic acids is 1. The summed E-state index contributed by atoms with van der Waals surface area (Å²) >= 11 is 0. The Hall–Kier alpha value is -3.81. The summed E-state index contributed by atoms with van der Waals surface area (Å²) in [5, 5.41) is 3.91. The number of urea groups is 1. The van der Waals surface area contributed by atoms with Gasteiger partial charge < -0.3 is 19.9 Å².